The fourth-order valence-electron chi connectivity index (χ4n) is 1.34. The van der Waals surface area contributed by atoms with Crippen LogP contribution in [0.1, 0.15) is 28.8 Å². The van der Waals surface area contributed by atoms with Crippen LogP contribution in [0.3, 0.4) is 0 Å². The Bertz CT molecular complexity index is 425. The fourth-order valence-corrected chi connectivity index (χ4v) is 2.13. The maximum absolute atomic E-state index is 11.8. The molecule has 3 N–H and O–H groups in total. The minimum Gasteiger partial charge on any atom is -0.469 e. The van der Waals surface area contributed by atoms with Crippen LogP contribution in [-0.2, 0) is 16.0 Å². The van der Waals surface area contributed by atoms with E-state index >= 15 is 0 Å². The first-order valence-electron chi connectivity index (χ1n) is 5.59. The number of nitrogens with two attached hydrogens (primary N) is 1. The molecular weight excluding hydrogens is 290 g/mol. The molecule has 0 aliphatic carbocycles. The number of rotatable bonds is 6. The molecule has 0 aliphatic heterocycles. The number of methoxy groups -OCH3 is 1. The van der Waals surface area contributed by atoms with E-state index in [9.17, 15) is 9.59 Å². The van der Waals surface area contributed by atoms with Crippen molar-refractivity contribution < 1.29 is 14.3 Å². The Morgan fingerprint density at radius 3 is 2.84 bits per heavy atom. The molecule has 6 nitrogen and oxygen atoms in total. The minimum atomic E-state index is -0.357. The highest BCUT2D eigenvalue weighted by Gasteiger charge is 2.15. The molecule has 0 saturated heterocycles. The van der Waals surface area contributed by atoms with Crippen LogP contribution in [0.25, 0.3) is 0 Å². The van der Waals surface area contributed by atoms with E-state index in [0.717, 1.165) is 5.01 Å². The molecule has 1 heterocycles. The number of halogens is 1. The minimum absolute atomic E-state index is 0. The molecule has 1 rings (SSSR count). The summed E-state index contributed by atoms with van der Waals surface area (Å²) in [7, 11) is 1.32. The standard InChI is InChI=1S/C11H17N3O3S.ClH/c1-7(5-10(15)17-2)13-11(16)8-6-18-9(14-8)3-4-12;/h6-7H,3-5,12H2,1-2H3,(H,13,16);1H. The van der Waals surface area contributed by atoms with Crippen LogP contribution >= 0.6 is 23.7 Å². The number of carbonyl (C=O) groups is 2. The van der Waals surface area contributed by atoms with Gasteiger partial charge in [-0.25, -0.2) is 4.98 Å². The number of hydrogen-bond donors (Lipinski definition) is 2. The molecule has 1 aromatic rings. The SMILES string of the molecule is COC(=O)CC(C)NC(=O)c1csc(CCN)n1.Cl. The molecule has 0 aliphatic rings. The zero-order valence-electron chi connectivity index (χ0n) is 10.8. The van der Waals surface area contributed by atoms with Crippen LogP contribution in [0.4, 0.5) is 0 Å². The van der Waals surface area contributed by atoms with Crippen LogP contribution in [-0.4, -0.2) is 36.6 Å². The second kappa shape index (κ2) is 8.84. The van der Waals surface area contributed by atoms with Gasteiger partial charge in [0, 0.05) is 17.8 Å². The van der Waals surface area contributed by atoms with Crippen LogP contribution in [0.15, 0.2) is 5.38 Å². The molecule has 108 valence electrons. The summed E-state index contributed by atoms with van der Waals surface area (Å²) in [5.41, 5.74) is 5.77. The zero-order chi connectivity index (χ0) is 13.5. The van der Waals surface area contributed by atoms with Gasteiger partial charge in [-0.1, -0.05) is 0 Å². The largest absolute Gasteiger partial charge is 0.469 e. The van der Waals surface area contributed by atoms with Gasteiger partial charge in [-0.3, -0.25) is 9.59 Å². The zero-order valence-corrected chi connectivity index (χ0v) is 12.5. The molecule has 1 atom stereocenters. The Morgan fingerprint density at radius 2 is 2.26 bits per heavy atom. The van der Waals surface area contributed by atoms with Gasteiger partial charge in [-0.05, 0) is 13.5 Å². The highest BCUT2D eigenvalue weighted by molar-refractivity contribution is 7.09. The van der Waals surface area contributed by atoms with E-state index in [1.54, 1.807) is 12.3 Å². The molecule has 0 aromatic carbocycles. The van der Waals surface area contributed by atoms with Crippen LogP contribution in [0, 0.1) is 0 Å². The first kappa shape index (κ1) is 17.8. The van der Waals surface area contributed by atoms with Gasteiger partial charge >= 0.3 is 5.97 Å². The Hall–Kier alpha value is -1.18. The predicted octanol–water partition coefficient (Wildman–Crippen LogP) is 0.747. The number of aromatic nitrogens is 1. The molecule has 0 radical (unpaired) electrons. The molecule has 1 unspecified atom stereocenters. The summed E-state index contributed by atoms with van der Waals surface area (Å²) in [4.78, 5) is 27.0. The van der Waals surface area contributed by atoms with E-state index in [4.69, 9.17) is 5.73 Å². The Balaban J connectivity index is 0.00000324. The molecule has 0 bridgehead atoms. The first-order valence-corrected chi connectivity index (χ1v) is 6.47. The number of carbonyl (C=O) groups excluding carboxylic acids is 2. The van der Waals surface area contributed by atoms with E-state index in [0.29, 0.717) is 18.7 Å². The average molecular weight is 308 g/mol. The summed E-state index contributed by atoms with van der Waals surface area (Å²) in [5.74, 6) is -0.643. The third kappa shape index (κ3) is 6.00. The van der Waals surface area contributed by atoms with Crippen molar-refractivity contribution in [1.82, 2.24) is 10.3 Å². The van der Waals surface area contributed by atoms with Crippen LogP contribution in [0.2, 0.25) is 0 Å². The number of nitrogens with zero attached hydrogens (tertiary/aromatic N) is 1. The van der Waals surface area contributed by atoms with Crippen molar-refractivity contribution in [2.24, 2.45) is 5.73 Å². The molecular formula is C11H18ClN3O3S. The normalized spacial score (nSPS) is 11.3. The van der Waals surface area contributed by atoms with Gasteiger partial charge in [0.15, 0.2) is 0 Å². The summed E-state index contributed by atoms with van der Waals surface area (Å²) in [6, 6.07) is -0.287. The molecule has 8 heteroatoms. The van der Waals surface area contributed by atoms with Gasteiger partial charge in [-0.2, -0.15) is 0 Å². The lowest BCUT2D eigenvalue weighted by atomic mass is 10.2. The number of nitrogens with one attached hydrogen (secondary N) is 1. The smallest absolute Gasteiger partial charge is 0.307 e. The summed E-state index contributed by atoms with van der Waals surface area (Å²) in [6.45, 7) is 2.25. The van der Waals surface area contributed by atoms with Gasteiger partial charge in [0.1, 0.15) is 5.69 Å². The quantitative estimate of drug-likeness (QED) is 0.756. The Labute approximate surface area is 122 Å². The summed E-state index contributed by atoms with van der Waals surface area (Å²) in [6.07, 6.45) is 0.803. The molecule has 19 heavy (non-hydrogen) atoms. The second-order valence-electron chi connectivity index (χ2n) is 3.82. The number of esters is 1. The molecule has 1 aromatic heterocycles. The van der Waals surface area contributed by atoms with Crippen molar-refractivity contribution in [1.29, 1.82) is 0 Å². The lowest BCUT2D eigenvalue weighted by Crippen LogP contribution is -2.34. The Kier molecular flexibility index (Phi) is 8.29. The van der Waals surface area contributed by atoms with Crippen LogP contribution < -0.4 is 11.1 Å². The topological polar surface area (TPSA) is 94.3 Å². The summed E-state index contributed by atoms with van der Waals surface area (Å²) < 4.78 is 4.53. The molecule has 1 amide bonds. The Morgan fingerprint density at radius 1 is 1.58 bits per heavy atom. The van der Waals surface area contributed by atoms with Crippen molar-refractivity contribution in [2.45, 2.75) is 25.8 Å². The number of hydrogen-bond acceptors (Lipinski definition) is 6. The van der Waals surface area contributed by atoms with Crippen LogP contribution in [0.5, 0.6) is 0 Å². The van der Waals surface area contributed by atoms with Gasteiger partial charge < -0.3 is 15.8 Å². The summed E-state index contributed by atoms with van der Waals surface area (Å²) in [5, 5.41) is 5.21. The van der Waals surface area contributed by atoms with Crippen molar-refractivity contribution in [3.8, 4) is 0 Å². The van der Waals surface area contributed by atoms with E-state index in [1.807, 2.05) is 0 Å². The molecule has 0 spiro atoms. The molecule has 0 fully saturated rings. The van der Waals surface area contributed by atoms with Gasteiger partial charge in [-0.15, -0.1) is 23.7 Å². The van der Waals surface area contributed by atoms with Gasteiger partial charge in [0.25, 0.3) is 5.91 Å². The molecule has 0 saturated carbocycles. The highest BCUT2D eigenvalue weighted by Crippen LogP contribution is 2.10. The number of amides is 1. The lowest BCUT2D eigenvalue weighted by Gasteiger charge is -2.11. The average Bonchev–Trinajstić information content (AvgIpc) is 2.77. The predicted molar refractivity (Wildman–Crippen MR) is 75.7 cm³/mol. The van der Waals surface area contributed by atoms with E-state index in [-0.39, 0.29) is 36.7 Å². The first-order chi connectivity index (χ1) is 8.56. The lowest BCUT2D eigenvalue weighted by molar-refractivity contribution is -0.141. The summed E-state index contributed by atoms with van der Waals surface area (Å²) >= 11 is 1.40. The van der Waals surface area contributed by atoms with E-state index in [2.05, 4.69) is 15.0 Å². The maximum Gasteiger partial charge on any atom is 0.307 e. The van der Waals surface area contributed by atoms with E-state index < -0.39 is 0 Å². The van der Waals surface area contributed by atoms with Crippen molar-refractivity contribution in [2.75, 3.05) is 13.7 Å². The van der Waals surface area contributed by atoms with Crippen molar-refractivity contribution in [3.63, 3.8) is 0 Å². The monoisotopic (exact) mass is 307 g/mol. The third-order valence-electron chi connectivity index (χ3n) is 2.22. The third-order valence-corrected chi connectivity index (χ3v) is 3.13. The number of ether oxygens (including phenoxy) is 1. The fraction of sp³-hybridized carbons (Fsp3) is 0.545. The second-order valence-corrected chi connectivity index (χ2v) is 4.76. The highest BCUT2D eigenvalue weighted by atomic mass is 35.5. The van der Waals surface area contributed by atoms with Gasteiger partial charge in [0.05, 0.1) is 18.5 Å². The maximum atomic E-state index is 11.8. The van der Waals surface area contributed by atoms with E-state index in [1.165, 1.54) is 18.4 Å². The van der Waals surface area contributed by atoms with Crippen molar-refractivity contribution >= 4 is 35.6 Å². The van der Waals surface area contributed by atoms with Crippen molar-refractivity contribution in [3.05, 3.63) is 16.1 Å². The van der Waals surface area contributed by atoms with Gasteiger partial charge in [0.2, 0.25) is 0 Å². The number of thiazole rings is 1.